The second kappa shape index (κ2) is 6.84. The molecular formula is C19H19NO5S. The topological polar surface area (TPSA) is 74.6 Å². The molecule has 0 unspecified atom stereocenters. The lowest BCUT2D eigenvalue weighted by molar-refractivity contribution is 0.340. The summed E-state index contributed by atoms with van der Waals surface area (Å²) in [6.45, 7) is 2.29. The predicted octanol–water partition coefficient (Wildman–Crippen LogP) is 2.78. The summed E-state index contributed by atoms with van der Waals surface area (Å²) in [4.78, 5) is 12.7. The summed E-state index contributed by atoms with van der Waals surface area (Å²) >= 11 is 0. The van der Waals surface area contributed by atoms with E-state index < -0.39 is 15.3 Å². The maximum Gasteiger partial charge on any atom is 0.211 e. The molecule has 0 amide bonds. The first-order valence-electron chi connectivity index (χ1n) is 8.04. The standard InChI is InChI=1S/C19H19NO5S/c1-4-25-14-7-10-17-16(11-14)19(21)18(12-20(17)2)26(22,23)15-8-5-13(24-3)6-9-15/h5-12H,4H2,1-3H3. The van der Waals surface area contributed by atoms with E-state index in [1.165, 1.54) is 25.4 Å². The Morgan fingerprint density at radius 1 is 1.04 bits per heavy atom. The molecule has 1 aromatic heterocycles. The minimum atomic E-state index is -3.96. The van der Waals surface area contributed by atoms with Crippen LogP contribution in [0.5, 0.6) is 11.5 Å². The molecule has 0 aliphatic heterocycles. The van der Waals surface area contributed by atoms with Crippen LogP contribution in [0.4, 0.5) is 0 Å². The quantitative estimate of drug-likeness (QED) is 0.687. The molecule has 0 fully saturated rings. The number of ether oxygens (including phenoxy) is 2. The Kier molecular flexibility index (Phi) is 4.73. The van der Waals surface area contributed by atoms with Gasteiger partial charge >= 0.3 is 0 Å². The van der Waals surface area contributed by atoms with Crippen molar-refractivity contribution in [1.29, 1.82) is 0 Å². The fourth-order valence-electron chi connectivity index (χ4n) is 2.77. The highest BCUT2D eigenvalue weighted by atomic mass is 32.2. The van der Waals surface area contributed by atoms with Gasteiger partial charge in [0.1, 0.15) is 16.4 Å². The zero-order valence-corrected chi connectivity index (χ0v) is 15.5. The summed E-state index contributed by atoms with van der Waals surface area (Å²) in [6.07, 6.45) is 1.35. The van der Waals surface area contributed by atoms with Gasteiger partial charge in [0.25, 0.3) is 0 Å². The second-order valence-corrected chi connectivity index (χ2v) is 7.64. The van der Waals surface area contributed by atoms with Gasteiger partial charge in [-0.1, -0.05) is 0 Å². The highest BCUT2D eigenvalue weighted by Gasteiger charge is 2.23. The summed E-state index contributed by atoms with van der Waals surface area (Å²) in [7, 11) is -0.761. The van der Waals surface area contributed by atoms with Crippen LogP contribution in [0.2, 0.25) is 0 Å². The van der Waals surface area contributed by atoms with E-state index in [1.807, 2.05) is 6.92 Å². The smallest absolute Gasteiger partial charge is 0.211 e. The van der Waals surface area contributed by atoms with Crippen LogP contribution in [-0.4, -0.2) is 26.7 Å². The van der Waals surface area contributed by atoms with Crippen LogP contribution in [0.3, 0.4) is 0 Å². The lowest BCUT2D eigenvalue weighted by Crippen LogP contribution is -2.18. The monoisotopic (exact) mass is 373 g/mol. The molecule has 3 rings (SSSR count). The number of methoxy groups -OCH3 is 1. The van der Waals surface area contributed by atoms with Crippen LogP contribution < -0.4 is 14.9 Å². The number of nitrogens with zero attached hydrogens (tertiary/aromatic N) is 1. The first-order valence-corrected chi connectivity index (χ1v) is 9.52. The number of aryl methyl sites for hydroxylation is 1. The lowest BCUT2D eigenvalue weighted by atomic mass is 10.2. The molecular weight excluding hydrogens is 354 g/mol. The van der Waals surface area contributed by atoms with Gasteiger partial charge in [0.15, 0.2) is 0 Å². The first kappa shape index (κ1) is 18.0. The van der Waals surface area contributed by atoms with Crippen LogP contribution in [0, 0.1) is 0 Å². The van der Waals surface area contributed by atoms with Gasteiger partial charge in [-0.05, 0) is 49.4 Å². The Bertz CT molecular complexity index is 1120. The van der Waals surface area contributed by atoms with Crippen LogP contribution in [0.1, 0.15) is 6.92 Å². The summed E-state index contributed by atoms with van der Waals surface area (Å²) in [6, 6.07) is 11.0. The molecule has 2 aromatic carbocycles. The van der Waals surface area contributed by atoms with Gasteiger partial charge in [-0.2, -0.15) is 0 Å². The van der Waals surface area contributed by atoms with E-state index in [2.05, 4.69) is 0 Å². The third kappa shape index (κ3) is 3.06. The molecule has 0 atom stereocenters. The van der Waals surface area contributed by atoms with E-state index in [-0.39, 0.29) is 9.79 Å². The highest BCUT2D eigenvalue weighted by molar-refractivity contribution is 7.91. The Morgan fingerprint density at radius 2 is 1.69 bits per heavy atom. The van der Waals surface area contributed by atoms with Crippen molar-refractivity contribution in [2.24, 2.45) is 7.05 Å². The minimum absolute atomic E-state index is 0.0377. The van der Waals surface area contributed by atoms with Crippen molar-refractivity contribution in [3.8, 4) is 11.5 Å². The van der Waals surface area contributed by atoms with Crippen molar-refractivity contribution >= 4 is 20.7 Å². The third-order valence-electron chi connectivity index (χ3n) is 4.10. The summed E-state index contributed by atoms with van der Waals surface area (Å²) < 4.78 is 38.1. The fraction of sp³-hybridized carbons (Fsp3) is 0.211. The molecule has 0 saturated carbocycles. The first-order chi connectivity index (χ1) is 12.4. The predicted molar refractivity (Wildman–Crippen MR) is 98.8 cm³/mol. The molecule has 3 aromatic rings. The van der Waals surface area contributed by atoms with Crippen molar-refractivity contribution in [1.82, 2.24) is 4.57 Å². The molecule has 6 nitrogen and oxygen atoms in total. The molecule has 26 heavy (non-hydrogen) atoms. The van der Waals surface area contributed by atoms with E-state index in [0.717, 1.165) is 0 Å². The maximum atomic E-state index is 13.0. The van der Waals surface area contributed by atoms with Crippen molar-refractivity contribution in [2.45, 2.75) is 16.7 Å². The number of sulfone groups is 1. The van der Waals surface area contributed by atoms with Crippen LogP contribution in [0.15, 0.2) is 63.2 Å². The van der Waals surface area contributed by atoms with Crippen LogP contribution >= 0.6 is 0 Å². The van der Waals surface area contributed by atoms with Gasteiger partial charge in [-0.3, -0.25) is 4.79 Å². The molecule has 0 bridgehead atoms. The van der Waals surface area contributed by atoms with Crippen molar-refractivity contribution in [3.63, 3.8) is 0 Å². The SMILES string of the molecule is CCOc1ccc2c(c1)c(=O)c(S(=O)(=O)c1ccc(OC)cc1)cn2C. The number of pyridine rings is 1. The van der Waals surface area contributed by atoms with Gasteiger partial charge in [0, 0.05) is 13.2 Å². The van der Waals surface area contributed by atoms with E-state index in [1.54, 1.807) is 41.9 Å². The van der Waals surface area contributed by atoms with Gasteiger partial charge in [0.2, 0.25) is 15.3 Å². The molecule has 0 saturated heterocycles. The second-order valence-electron chi connectivity index (χ2n) is 5.72. The third-order valence-corrected chi connectivity index (χ3v) is 5.86. The number of benzene rings is 2. The Balaban J connectivity index is 2.23. The fourth-order valence-corrected chi connectivity index (χ4v) is 4.17. The molecule has 7 heteroatoms. The number of aromatic nitrogens is 1. The van der Waals surface area contributed by atoms with E-state index >= 15 is 0 Å². The largest absolute Gasteiger partial charge is 0.497 e. The molecule has 0 radical (unpaired) electrons. The number of hydrogen-bond donors (Lipinski definition) is 0. The summed E-state index contributed by atoms with van der Waals surface area (Å²) in [5.74, 6) is 1.06. The molecule has 1 heterocycles. The minimum Gasteiger partial charge on any atom is -0.497 e. The number of hydrogen-bond acceptors (Lipinski definition) is 5. The zero-order chi connectivity index (χ0) is 18.9. The van der Waals surface area contributed by atoms with Gasteiger partial charge in [-0.15, -0.1) is 0 Å². The average molecular weight is 373 g/mol. The van der Waals surface area contributed by atoms with Gasteiger partial charge in [0.05, 0.1) is 29.5 Å². The van der Waals surface area contributed by atoms with Crippen molar-refractivity contribution in [2.75, 3.05) is 13.7 Å². The molecule has 136 valence electrons. The van der Waals surface area contributed by atoms with E-state index in [9.17, 15) is 13.2 Å². The lowest BCUT2D eigenvalue weighted by Gasteiger charge is -2.11. The Labute approximate surface area is 151 Å². The van der Waals surface area contributed by atoms with Crippen LogP contribution in [-0.2, 0) is 16.9 Å². The number of fused-ring (bicyclic) bond motifs is 1. The van der Waals surface area contributed by atoms with Crippen molar-refractivity contribution in [3.05, 3.63) is 58.9 Å². The maximum absolute atomic E-state index is 13.0. The highest BCUT2D eigenvalue weighted by Crippen LogP contribution is 2.24. The molecule has 0 aliphatic rings. The summed E-state index contributed by atoms with van der Waals surface area (Å²) in [5, 5.41) is 0.299. The number of rotatable bonds is 5. The van der Waals surface area contributed by atoms with Crippen molar-refractivity contribution < 1.29 is 17.9 Å². The van der Waals surface area contributed by atoms with Crippen LogP contribution in [0.25, 0.3) is 10.9 Å². The zero-order valence-electron chi connectivity index (χ0n) is 14.7. The van der Waals surface area contributed by atoms with Gasteiger partial charge in [-0.25, -0.2) is 8.42 Å². The normalized spacial score (nSPS) is 11.5. The molecule has 0 spiro atoms. The Morgan fingerprint density at radius 3 is 2.31 bits per heavy atom. The molecule has 0 N–H and O–H groups in total. The Hall–Kier alpha value is -2.80. The van der Waals surface area contributed by atoms with E-state index in [4.69, 9.17) is 9.47 Å². The van der Waals surface area contributed by atoms with Gasteiger partial charge < -0.3 is 14.0 Å². The average Bonchev–Trinajstić information content (AvgIpc) is 2.64. The molecule has 0 aliphatic carbocycles. The summed E-state index contributed by atoms with van der Waals surface area (Å²) in [5.41, 5.74) is 0.0857. The van der Waals surface area contributed by atoms with E-state index in [0.29, 0.717) is 29.0 Å².